The van der Waals surface area contributed by atoms with Crippen LogP contribution in [0.4, 0.5) is 0 Å². The normalized spacial score (nSPS) is 29.9. The molecule has 1 fully saturated rings. The van der Waals surface area contributed by atoms with Crippen molar-refractivity contribution in [2.24, 2.45) is 23.3 Å². The first-order valence-corrected chi connectivity index (χ1v) is 5.59. The fourth-order valence-corrected chi connectivity index (χ4v) is 2.23. The molecule has 0 spiro atoms. The molecule has 0 amide bonds. The zero-order valence-electron chi connectivity index (χ0n) is 9.04. The van der Waals surface area contributed by atoms with Gasteiger partial charge >= 0.3 is 0 Å². The minimum Gasteiger partial charge on any atom is -0.330 e. The highest BCUT2D eigenvalue weighted by molar-refractivity contribution is 5.81. The summed E-state index contributed by atoms with van der Waals surface area (Å²) < 4.78 is 0. The maximum absolute atomic E-state index is 11.0. The van der Waals surface area contributed by atoms with Crippen LogP contribution in [0, 0.1) is 11.8 Å². The second kappa shape index (κ2) is 5.47. The van der Waals surface area contributed by atoms with E-state index in [-0.39, 0.29) is 11.8 Å². The lowest BCUT2D eigenvalue weighted by Crippen LogP contribution is -2.32. The van der Waals surface area contributed by atoms with Crippen molar-refractivity contribution in [3.05, 3.63) is 0 Å². The third-order valence-electron chi connectivity index (χ3n) is 3.41. The van der Waals surface area contributed by atoms with E-state index in [4.69, 9.17) is 11.5 Å². The van der Waals surface area contributed by atoms with E-state index >= 15 is 0 Å². The van der Waals surface area contributed by atoms with Gasteiger partial charge in [0.1, 0.15) is 5.78 Å². The zero-order chi connectivity index (χ0) is 10.6. The molecule has 3 nitrogen and oxygen atoms in total. The molecule has 3 heteroatoms. The largest absolute Gasteiger partial charge is 0.330 e. The van der Waals surface area contributed by atoms with Crippen molar-refractivity contribution in [1.82, 2.24) is 0 Å². The molecule has 0 radical (unpaired) electrons. The van der Waals surface area contributed by atoms with Gasteiger partial charge in [-0.1, -0.05) is 12.8 Å². The van der Waals surface area contributed by atoms with E-state index in [9.17, 15) is 4.79 Å². The number of nitrogens with two attached hydrogens (primary N) is 2. The van der Waals surface area contributed by atoms with Gasteiger partial charge in [-0.2, -0.15) is 0 Å². The van der Waals surface area contributed by atoms with E-state index in [1.807, 2.05) is 0 Å². The third kappa shape index (κ3) is 3.39. The molecule has 1 rings (SSSR count). The molecule has 0 saturated heterocycles. The number of Topliss-reactive ketones (excluding diaryl/α,β-unsaturated/α-hetero) is 1. The Morgan fingerprint density at radius 3 is 2.21 bits per heavy atom. The Morgan fingerprint density at radius 1 is 1.29 bits per heavy atom. The van der Waals surface area contributed by atoms with Crippen molar-refractivity contribution >= 4 is 5.78 Å². The van der Waals surface area contributed by atoms with Gasteiger partial charge in [0.25, 0.3) is 0 Å². The zero-order valence-corrected chi connectivity index (χ0v) is 9.04. The molecule has 0 aliphatic heterocycles. The molecule has 82 valence electrons. The summed E-state index contributed by atoms with van der Waals surface area (Å²) in [4.78, 5) is 11.0. The summed E-state index contributed by atoms with van der Waals surface area (Å²) in [6.07, 6.45) is 5.69. The Kier molecular flexibility index (Phi) is 4.55. The van der Waals surface area contributed by atoms with Crippen LogP contribution in [-0.4, -0.2) is 18.4 Å². The van der Waals surface area contributed by atoms with Crippen molar-refractivity contribution in [2.75, 3.05) is 6.54 Å². The summed E-state index contributed by atoms with van der Waals surface area (Å²) in [7, 11) is 0. The Balaban J connectivity index is 2.25. The minimum atomic E-state index is -0.241. The molecule has 0 aromatic heterocycles. The topological polar surface area (TPSA) is 69.1 Å². The molecule has 1 atom stereocenters. The molecule has 0 unspecified atom stereocenters. The van der Waals surface area contributed by atoms with Crippen LogP contribution in [0.2, 0.25) is 0 Å². The van der Waals surface area contributed by atoms with Crippen LogP contribution < -0.4 is 11.5 Å². The van der Waals surface area contributed by atoms with Gasteiger partial charge in [0.2, 0.25) is 0 Å². The molecule has 0 aromatic rings. The van der Waals surface area contributed by atoms with Crippen LogP contribution in [0.15, 0.2) is 0 Å². The summed E-state index contributed by atoms with van der Waals surface area (Å²) >= 11 is 0. The fraction of sp³-hybridized carbons (Fsp3) is 0.909. The average Bonchev–Trinajstić information content (AvgIpc) is 2.19. The number of carbonyl (C=O) groups is 1. The molecule has 14 heavy (non-hydrogen) atoms. The first-order valence-electron chi connectivity index (χ1n) is 5.59. The molecule has 0 heterocycles. The summed E-state index contributed by atoms with van der Waals surface area (Å²) in [6.45, 7) is 2.39. The van der Waals surface area contributed by atoms with Gasteiger partial charge in [0.15, 0.2) is 0 Å². The summed E-state index contributed by atoms with van der Waals surface area (Å²) in [5.74, 6) is 1.47. The lowest BCUT2D eigenvalue weighted by Gasteiger charge is -2.28. The van der Waals surface area contributed by atoms with E-state index in [1.165, 1.54) is 25.7 Å². The van der Waals surface area contributed by atoms with Crippen LogP contribution >= 0.6 is 0 Å². The van der Waals surface area contributed by atoms with Gasteiger partial charge in [-0.25, -0.2) is 0 Å². The minimum absolute atomic E-state index is 0.117. The van der Waals surface area contributed by atoms with Crippen LogP contribution in [0.25, 0.3) is 0 Å². The molecule has 0 bridgehead atoms. The second-order valence-corrected chi connectivity index (χ2v) is 4.58. The first kappa shape index (κ1) is 11.7. The Morgan fingerprint density at radius 2 is 1.79 bits per heavy atom. The number of carbonyl (C=O) groups excluding carboxylic acids is 1. The molecule has 0 aromatic carbocycles. The van der Waals surface area contributed by atoms with E-state index in [0.717, 1.165) is 13.0 Å². The van der Waals surface area contributed by atoms with Crippen molar-refractivity contribution in [1.29, 1.82) is 0 Å². The van der Waals surface area contributed by atoms with Gasteiger partial charge in [-0.05, 0) is 44.6 Å². The lowest BCUT2D eigenvalue weighted by atomic mass is 9.79. The molecule has 4 N–H and O–H groups in total. The Labute approximate surface area is 86.2 Å². The highest BCUT2D eigenvalue weighted by Crippen LogP contribution is 2.30. The SMILES string of the molecule is CC(=O)[C@@H](N)CC1CCC(CN)CC1. The van der Waals surface area contributed by atoms with Gasteiger partial charge in [0, 0.05) is 0 Å². The number of hydrogen-bond donors (Lipinski definition) is 2. The number of rotatable bonds is 4. The monoisotopic (exact) mass is 198 g/mol. The van der Waals surface area contributed by atoms with Gasteiger partial charge in [0.05, 0.1) is 6.04 Å². The molecule has 1 aliphatic carbocycles. The smallest absolute Gasteiger partial charge is 0.146 e. The maximum Gasteiger partial charge on any atom is 0.146 e. The third-order valence-corrected chi connectivity index (χ3v) is 3.41. The van der Waals surface area contributed by atoms with Gasteiger partial charge in [-0.15, -0.1) is 0 Å². The summed E-state index contributed by atoms with van der Waals surface area (Å²) in [5.41, 5.74) is 11.4. The highest BCUT2D eigenvalue weighted by Gasteiger charge is 2.22. The van der Waals surface area contributed by atoms with Crippen LogP contribution in [-0.2, 0) is 4.79 Å². The highest BCUT2D eigenvalue weighted by atomic mass is 16.1. The molecular weight excluding hydrogens is 176 g/mol. The van der Waals surface area contributed by atoms with Crippen molar-refractivity contribution in [3.8, 4) is 0 Å². The number of ketones is 1. The predicted molar refractivity (Wildman–Crippen MR) is 57.8 cm³/mol. The van der Waals surface area contributed by atoms with Crippen molar-refractivity contribution in [3.63, 3.8) is 0 Å². The molecular formula is C11H22N2O. The Hall–Kier alpha value is -0.410. The van der Waals surface area contributed by atoms with Gasteiger partial charge < -0.3 is 11.5 Å². The lowest BCUT2D eigenvalue weighted by molar-refractivity contribution is -0.118. The second-order valence-electron chi connectivity index (χ2n) is 4.58. The van der Waals surface area contributed by atoms with E-state index in [2.05, 4.69) is 0 Å². The van der Waals surface area contributed by atoms with Crippen molar-refractivity contribution < 1.29 is 4.79 Å². The van der Waals surface area contributed by atoms with Crippen LogP contribution in [0.3, 0.4) is 0 Å². The van der Waals surface area contributed by atoms with Crippen LogP contribution in [0.1, 0.15) is 39.0 Å². The molecule has 1 saturated carbocycles. The summed E-state index contributed by atoms with van der Waals surface area (Å²) in [5, 5.41) is 0. The van der Waals surface area contributed by atoms with E-state index in [1.54, 1.807) is 6.92 Å². The average molecular weight is 198 g/mol. The molecule has 1 aliphatic rings. The number of hydrogen-bond acceptors (Lipinski definition) is 3. The standard InChI is InChI=1S/C11H22N2O/c1-8(14)11(13)6-9-2-4-10(7-12)5-3-9/h9-11H,2-7,12-13H2,1H3/t9?,10?,11-/m0/s1. The van der Waals surface area contributed by atoms with Crippen LogP contribution in [0.5, 0.6) is 0 Å². The predicted octanol–water partition coefficient (Wildman–Crippen LogP) is 1.06. The first-order chi connectivity index (χ1) is 6.63. The fourth-order valence-electron chi connectivity index (χ4n) is 2.23. The summed E-state index contributed by atoms with van der Waals surface area (Å²) in [6, 6.07) is -0.241. The maximum atomic E-state index is 11.0. The van der Waals surface area contributed by atoms with E-state index < -0.39 is 0 Å². The van der Waals surface area contributed by atoms with Gasteiger partial charge in [-0.3, -0.25) is 4.79 Å². The van der Waals surface area contributed by atoms with Crippen molar-refractivity contribution in [2.45, 2.75) is 45.1 Å². The quantitative estimate of drug-likeness (QED) is 0.709. The Bertz CT molecular complexity index is 186. The van der Waals surface area contributed by atoms with E-state index in [0.29, 0.717) is 11.8 Å².